The van der Waals surface area contributed by atoms with E-state index in [4.69, 9.17) is 10.2 Å². The van der Waals surface area contributed by atoms with E-state index in [0.717, 1.165) is 22.3 Å². The number of para-hydroxylation sites is 1. The number of nitrogens with two attached hydrogens (primary N) is 1. The van der Waals surface area contributed by atoms with Crippen molar-refractivity contribution in [2.45, 2.75) is 6.92 Å². The van der Waals surface area contributed by atoms with Crippen LogP contribution in [0, 0.1) is 0 Å². The molecule has 0 aliphatic carbocycles. The van der Waals surface area contributed by atoms with Crippen LogP contribution >= 0.6 is 0 Å². The van der Waals surface area contributed by atoms with E-state index < -0.39 is 0 Å². The minimum Gasteiger partial charge on any atom is -0.456 e. The summed E-state index contributed by atoms with van der Waals surface area (Å²) in [5.41, 5.74) is 7.26. The molecule has 2 heteroatoms. The van der Waals surface area contributed by atoms with Crippen molar-refractivity contribution in [1.29, 1.82) is 0 Å². The molecule has 1 aromatic carbocycles. The van der Waals surface area contributed by atoms with Crippen molar-refractivity contribution in [2.24, 2.45) is 5.73 Å². The smallest absolute Gasteiger partial charge is 0.134 e. The lowest BCUT2D eigenvalue weighted by Gasteiger charge is -1.90. The first kappa shape index (κ1) is 7.92. The van der Waals surface area contributed by atoms with Gasteiger partial charge in [-0.2, -0.15) is 0 Å². The van der Waals surface area contributed by atoms with Gasteiger partial charge >= 0.3 is 0 Å². The number of hydrogen-bond acceptors (Lipinski definition) is 2. The zero-order chi connectivity index (χ0) is 9.26. The normalized spacial score (nSPS) is 12.2. The number of fused-ring (bicyclic) bond motifs is 1. The summed E-state index contributed by atoms with van der Waals surface area (Å²) in [5.74, 6) is 0.837. The van der Waals surface area contributed by atoms with Crippen LogP contribution in [0.15, 0.2) is 40.9 Å². The predicted molar refractivity (Wildman–Crippen MR) is 54.1 cm³/mol. The summed E-state index contributed by atoms with van der Waals surface area (Å²) in [6, 6.07) is 9.91. The Kier molecular flexibility index (Phi) is 1.81. The highest BCUT2D eigenvalue weighted by atomic mass is 16.3. The Hall–Kier alpha value is -1.70. The van der Waals surface area contributed by atoms with E-state index in [9.17, 15) is 0 Å². The molecule has 0 unspecified atom stereocenters. The SMILES string of the molecule is C/C(=C/N)c1cc2ccccc2o1. The van der Waals surface area contributed by atoms with Crippen LogP contribution in [-0.4, -0.2) is 0 Å². The topological polar surface area (TPSA) is 39.2 Å². The van der Waals surface area contributed by atoms with Crippen LogP contribution in [0.25, 0.3) is 16.5 Å². The zero-order valence-electron chi connectivity index (χ0n) is 7.45. The third-order valence-corrected chi connectivity index (χ3v) is 2.06. The van der Waals surface area contributed by atoms with E-state index in [1.807, 2.05) is 37.3 Å². The lowest BCUT2D eigenvalue weighted by Crippen LogP contribution is -1.81. The number of benzene rings is 1. The van der Waals surface area contributed by atoms with Crippen LogP contribution in [0.4, 0.5) is 0 Å². The maximum absolute atomic E-state index is 5.57. The average Bonchev–Trinajstić information content (AvgIpc) is 2.59. The van der Waals surface area contributed by atoms with Crippen molar-refractivity contribution >= 4 is 16.5 Å². The van der Waals surface area contributed by atoms with Crippen LogP contribution in [-0.2, 0) is 0 Å². The van der Waals surface area contributed by atoms with Gasteiger partial charge in [0.1, 0.15) is 11.3 Å². The monoisotopic (exact) mass is 173 g/mol. The fourth-order valence-corrected chi connectivity index (χ4v) is 1.26. The molecule has 0 radical (unpaired) electrons. The molecule has 2 aromatic rings. The third-order valence-electron chi connectivity index (χ3n) is 2.06. The summed E-state index contributed by atoms with van der Waals surface area (Å²) >= 11 is 0. The molecule has 0 saturated heterocycles. The van der Waals surface area contributed by atoms with Gasteiger partial charge in [0.2, 0.25) is 0 Å². The summed E-state index contributed by atoms with van der Waals surface area (Å²) in [5, 5.41) is 1.11. The molecule has 66 valence electrons. The molecule has 0 fully saturated rings. The molecular formula is C11H11NO. The van der Waals surface area contributed by atoms with Gasteiger partial charge in [-0.05, 0) is 19.1 Å². The summed E-state index contributed by atoms with van der Waals surface area (Å²) < 4.78 is 5.57. The third kappa shape index (κ3) is 1.31. The van der Waals surface area contributed by atoms with Crippen molar-refractivity contribution in [1.82, 2.24) is 0 Å². The molecule has 0 spiro atoms. The van der Waals surface area contributed by atoms with Crippen LogP contribution in [0.1, 0.15) is 12.7 Å². The standard InChI is InChI=1S/C11H11NO/c1-8(7-12)11-6-9-4-2-3-5-10(9)13-11/h2-7H,12H2,1H3/b8-7-. The Labute approximate surface area is 76.7 Å². The summed E-state index contributed by atoms with van der Waals surface area (Å²) in [6.45, 7) is 1.93. The Morgan fingerprint density at radius 3 is 2.85 bits per heavy atom. The molecule has 2 nitrogen and oxygen atoms in total. The van der Waals surface area contributed by atoms with E-state index in [1.54, 1.807) is 6.20 Å². The average molecular weight is 173 g/mol. The molecule has 2 rings (SSSR count). The molecule has 0 amide bonds. The molecule has 0 atom stereocenters. The van der Waals surface area contributed by atoms with Gasteiger partial charge in [-0.3, -0.25) is 0 Å². The van der Waals surface area contributed by atoms with Gasteiger partial charge in [0.15, 0.2) is 0 Å². The molecule has 1 aromatic heterocycles. The van der Waals surface area contributed by atoms with Gasteiger partial charge < -0.3 is 10.2 Å². The minimum atomic E-state index is 0.837. The predicted octanol–water partition coefficient (Wildman–Crippen LogP) is 2.75. The highest BCUT2D eigenvalue weighted by Crippen LogP contribution is 2.23. The fourth-order valence-electron chi connectivity index (χ4n) is 1.26. The Morgan fingerprint density at radius 2 is 2.15 bits per heavy atom. The highest BCUT2D eigenvalue weighted by Gasteiger charge is 2.03. The van der Waals surface area contributed by atoms with Gasteiger partial charge in [0.05, 0.1) is 0 Å². The first-order chi connectivity index (χ1) is 6.31. The Balaban J connectivity index is 2.62. The lowest BCUT2D eigenvalue weighted by molar-refractivity contribution is 0.599. The first-order valence-corrected chi connectivity index (χ1v) is 4.18. The molecular weight excluding hydrogens is 162 g/mol. The second-order valence-electron chi connectivity index (χ2n) is 3.00. The molecule has 0 aliphatic heterocycles. The second kappa shape index (κ2) is 2.98. The largest absolute Gasteiger partial charge is 0.456 e. The Morgan fingerprint density at radius 1 is 1.38 bits per heavy atom. The van der Waals surface area contributed by atoms with Crippen molar-refractivity contribution in [3.8, 4) is 0 Å². The van der Waals surface area contributed by atoms with Crippen LogP contribution in [0.5, 0.6) is 0 Å². The molecule has 0 saturated carbocycles. The van der Waals surface area contributed by atoms with Gasteiger partial charge in [-0.15, -0.1) is 0 Å². The van der Waals surface area contributed by atoms with Crippen LogP contribution in [0.2, 0.25) is 0 Å². The van der Waals surface area contributed by atoms with E-state index in [2.05, 4.69) is 0 Å². The molecule has 13 heavy (non-hydrogen) atoms. The molecule has 0 aliphatic rings. The lowest BCUT2D eigenvalue weighted by atomic mass is 10.2. The number of rotatable bonds is 1. The van der Waals surface area contributed by atoms with Gasteiger partial charge in [0, 0.05) is 17.2 Å². The molecule has 1 heterocycles. The van der Waals surface area contributed by atoms with Crippen molar-refractivity contribution in [3.05, 3.63) is 42.3 Å². The molecule has 0 bridgehead atoms. The van der Waals surface area contributed by atoms with E-state index >= 15 is 0 Å². The minimum absolute atomic E-state index is 0.837. The van der Waals surface area contributed by atoms with Crippen LogP contribution < -0.4 is 5.73 Å². The highest BCUT2D eigenvalue weighted by molar-refractivity contribution is 5.81. The van der Waals surface area contributed by atoms with E-state index in [0.29, 0.717) is 0 Å². The maximum atomic E-state index is 5.57. The summed E-state index contributed by atoms with van der Waals surface area (Å²) in [7, 11) is 0. The number of hydrogen-bond donors (Lipinski definition) is 1. The van der Waals surface area contributed by atoms with Crippen molar-refractivity contribution in [2.75, 3.05) is 0 Å². The van der Waals surface area contributed by atoms with Gasteiger partial charge in [0.25, 0.3) is 0 Å². The summed E-state index contributed by atoms with van der Waals surface area (Å²) in [4.78, 5) is 0. The first-order valence-electron chi connectivity index (χ1n) is 4.18. The van der Waals surface area contributed by atoms with Crippen LogP contribution in [0.3, 0.4) is 0 Å². The second-order valence-corrected chi connectivity index (χ2v) is 3.00. The number of furan rings is 1. The van der Waals surface area contributed by atoms with E-state index in [-0.39, 0.29) is 0 Å². The van der Waals surface area contributed by atoms with Crippen molar-refractivity contribution < 1.29 is 4.42 Å². The quantitative estimate of drug-likeness (QED) is 0.720. The summed E-state index contributed by atoms with van der Waals surface area (Å²) in [6.07, 6.45) is 1.55. The zero-order valence-corrected chi connectivity index (χ0v) is 7.45. The maximum Gasteiger partial charge on any atom is 0.134 e. The van der Waals surface area contributed by atoms with Gasteiger partial charge in [-0.25, -0.2) is 0 Å². The van der Waals surface area contributed by atoms with Gasteiger partial charge in [-0.1, -0.05) is 18.2 Å². The number of allylic oxidation sites excluding steroid dienone is 1. The Bertz CT molecular complexity index is 421. The fraction of sp³-hybridized carbons (Fsp3) is 0.0909. The van der Waals surface area contributed by atoms with E-state index in [1.165, 1.54) is 0 Å². The van der Waals surface area contributed by atoms with Crippen molar-refractivity contribution in [3.63, 3.8) is 0 Å². The molecule has 2 N–H and O–H groups in total.